The van der Waals surface area contributed by atoms with Crippen LogP contribution >= 0.6 is 0 Å². The van der Waals surface area contributed by atoms with Crippen LogP contribution in [0.15, 0.2) is 12.2 Å². The van der Waals surface area contributed by atoms with Gasteiger partial charge in [0, 0.05) is 18.8 Å². The fraction of sp³-hybridized carbons (Fsp3) is 0.911. The van der Waals surface area contributed by atoms with E-state index in [9.17, 15) is 14.7 Å². The first-order chi connectivity index (χ1) is 24.6. The number of aliphatic hydroxyl groups is 1. The Morgan fingerprint density at radius 1 is 0.722 bits per heavy atom. The molecule has 3 saturated carbocycles. The highest BCUT2D eigenvalue weighted by Crippen LogP contribution is 2.52. The molecule has 8 atom stereocenters. The number of rotatable bonds is 23. The van der Waals surface area contributed by atoms with E-state index in [0.29, 0.717) is 43.1 Å². The van der Waals surface area contributed by atoms with Crippen LogP contribution in [0.1, 0.15) is 170 Å². The van der Waals surface area contributed by atoms with Crippen molar-refractivity contribution >= 4 is 11.9 Å². The van der Waals surface area contributed by atoms with Gasteiger partial charge in [-0.2, -0.15) is 0 Å². The van der Waals surface area contributed by atoms with Crippen LogP contribution in [0.25, 0.3) is 0 Å². The fourth-order valence-electron chi connectivity index (χ4n) is 10.3. The average Bonchev–Trinajstić information content (AvgIpc) is 3.13. The van der Waals surface area contributed by atoms with Crippen molar-refractivity contribution in [1.82, 2.24) is 0 Å². The van der Waals surface area contributed by atoms with Gasteiger partial charge in [-0.3, -0.25) is 4.79 Å². The summed E-state index contributed by atoms with van der Waals surface area (Å²) < 4.78 is 18.0. The van der Waals surface area contributed by atoms with Crippen LogP contribution in [0.3, 0.4) is 0 Å². The van der Waals surface area contributed by atoms with Gasteiger partial charge >= 0.3 is 11.9 Å². The summed E-state index contributed by atoms with van der Waals surface area (Å²) in [5.74, 6) is 5.63. The molecule has 9 heteroatoms. The van der Waals surface area contributed by atoms with Gasteiger partial charge in [0.25, 0.3) is 0 Å². The normalized spacial score (nSPS) is 28.9. The van der Waals surface area contributed by atoms with Gasteiger partial charge in [0.05, 0.1) is 25.2 Å². The van der Waals surface area contributed by atoms with Gasteiger partial charge in [-0.25, -0.2) is 4.79 Å². The molecule has 7 N–H and O–H groups in total. The first-order valence-corrected chi connectivity index (χ1v) is 21.8. The second kappa shape index (κ2) is 28.8. The number of unbranched alkanes of at least 4 members (excludes halogenated alkanes) is 2. The molecule has 320 valence electrons. The second-order valence-electron chi connectivity index (χ2n) is 17.5. The molecule has 0 aromatic carbocycles. The molecule has 3 fully saturated rings. The van der Waals surface area contributed by atoms with Gasteiger partial charge in [-0.15, -0.1) is 0 Å². The zero-order valence-corrected chi connectivity index (χ0v) is 35.5. The zero-order valence-electron chi connectivity index (χ0n) is 35.5. The van der Waals surface area contributed by atoms with Crippen molar-refractivity contribution in [3.8, 4) is 0 Å². The SMILES string of the molecule is C=C(C)C(=O)OCCCC1CC(C2CCC(C3CCC(CCCCC)CC3)CC2CC)CC(CCCOC(=O)C(C)C)C1OCCC(CC)CO.O.O.O. The minimum atomic E-state index is -0.305. The summed E-state index contributed by atoms with van der Waals surface area (Å²) in [5, 5.41) is 9.86. The first-order valence-electron chi connectivity index (χ1n) is 21.8. The van der Waals surface area contributed by atoms with E-state index < -0.39 is 0 Å². The van der Waals surface area contributed by atoms with Crippen molar-refractivity contribution in [1.29, 1.82) is 0 Å². The average molecular weight is 771 g/mol. The molecule has 0 bridgehead atoms. The van der Waals surface area contributed by atoms with Crippen molar-refractivity contribution < 1.29 is 45.3 Å². The number of aliphatic hydroxyl groups excluding tert-OH is 1. The number of hydrogen-bond donors (Lipinski definition) is 1. The summed E-state index contributed by atoms with van der Waals surface area (Å²) in [4.78, 5) is 24.4. The molecule has 0 aromatic rings. The van der Waals surface area contributed by atoms with Crippen molar-refractivity contribution in [3.05, 3.63) is 12.2 Å². The van der Waals surface area contributed by atoms with E-state index in [2.05, 4.69) is 27.4 Å². The Labute approximate surface area is 330 Å². The lowest BCUT2D eigenvalue weighted by Crippen LogP contribution is -2.44. The highest BCUT2D eigenvalue weighted by molar-refractivity contribution is 5.86. The highest BCUT2D eigenvalue weighted by atomic mass is 16.5. The number of carbonyl (C=O) groups excluding carboxylic acids is 2. The maximum Gasteiger partial charge on any atom is 0.333 e. The zero-order chi connectivity index (χ0) is 37.2. The Kier molecular flexibility index (Phi) is 28.0. The van der Waals surface area contributed by atoms with E-state index in [1.807, 2.05) is 13.8 Å². The third kappa shape index (κ3) is 17.3. The van der Waals surface area contributed by atoms with Crippen molar-refractivity contribution in [3.63, 3.8) is 0 Å². The lowest BCUT2D eigenvalue weighted by atomic mass is 9.58. The maximum absolute atomic E-state index is 12.2. The van der Waals surface area contributed by atoms with E-state index in [4.69, 9.17) is 14.2 Å². The standard InChI is InChI=1S/C45H80O6.3H2O/c1-8-11-12-15-35-18-20-37(21-19-35)38-22-23-42(36(10-3)28-38)41-29-39(16-13-25-50-44(47)32(4)5)43(49-27-24-34(9-2)31-46)40(30-41)17-14-26-51-45(48)33(6)7;;;/h33-43,46H,4,8-31H2,1-3,5-7H3;3*1H2. The lowest BCUT2D eigenvalue weighted by molar-refractivity contribution is -0.147. The van der Waals surface area contributed by atoms with Gasteiger partial charge in [0.15, 0.2) is 0 Å². The van der Waals surface area contributed by atoms with Gasteiger partial charge in [0.2, 0.25) is 0 Å². The van der Waals surface area contributed by atoms with E-state index in [1.165, 1.54) is 89.9 Å². The third-order valence-corrected chi connectivity index (χ3v) is 13.5. The van der Waals surface area contributed by atoms with Gasteiger partial charge in [0.1, 0.15) is 0 Å². The first kappa shape index (κ1) is 52.5. The van der Waals surface area contributed by atoms with Gasteiger partial charge in [-0.1, -0.05) is 92.6 Å². The van der Waals surface area contributed by atoms with Crippen LogP contribution in [-0.2, 0) is 23.8 Å². The molecule has 0 saturated heterocycles. The molecule has 0 aromatic heterocycles. The molecule has 3 aliphatic carbocycles. The van der Waals surface area contributed by atoms with Crippen LogP contribution < -0.4 is 0 Å². The summed E-state index contributed by atoms with van der Waals surface area (Å²) >= 11 is 0. The molecule has 9 nitrogen and oxygen atoms in total. The Morgan fingerprint density at radius 2 is 1.31 bits per heavy atom. The minimum Gasteiger partial charge on any atom is -0.465 e. The molecular formula is C45H86O9. The molecule has 0 aliphatic heterocycles. The molecule has 0 radical (unpaired) electrons. The van der Waals surface area contributed by atoms with Crippen molar-refractivity contribution in [2.75, 3.05) is 26.4 Å². The quantitative estimate of drug-likeness (QED) is 0.0618. The van der Waals surface area contributed by atoms with Crippen LogP contribution in [0.4, 0.5) is 0 Å². The van der Waals surface area contributed by atoms with Crippen LogP contribution in [0.2, 0.25) is 0 Å². The molecule has 3 aliphatic rings. The van der Waals surface area contributed by atoms with E-state index in [0.717, 1.165) is 68.1 Å². The lowest BCUT2D eigenvalue weighted by Gasteiger charge is -2.49. The Hall–Kier alpha value is -1.52. The molecule has 3 rings (SSSR count). The fourth-order valence-corrected chi connectivity index (χ4v) is 10.3. The van der Waals surface area contributed by atoms with Crippen LogP contribution in [-0.4, -0.2) is 66.0 Å². The summed E-state index contributed by atoms with van der Waals surface area (Å²) in [6.45, 7) is 17.9. The van der Waals surface area contributed by atoms with Gasteiger partial charge in [-0.05, 0) is 137 Å². The maximum atomic E-state index is 12.2. The van der Waals surface area contributed by atoms with Crippen LogP contribution in [0, 0.1) is 59.2 Å². The molecule has 0 amide bonds. The monoisotopic (exact) mass is 771 g/mol. The van der Waals surface area contributed by atoms with Crippen molar-refractivity contribution in [2.45, 2.75) is 176 Å². The molecule has 54 heavy (non-hydrogen) atoms. The number of esters is 2. The predicted octanol–water partition coefficient (Wildman–Crippen LogP) is 8.66. The minimum absolute atomic E-state index is 0. The summed E-state index contributed by atoms with van der Waals surface area (Å²) in [6.07, 6.45) is 24.9. The van der Waals surface area contributed by atoms with Crippen LogP contribution in [0.5, 0.6) is 0 Å². The van der Waals surface area contributed by atoms with Crippen molar-refractivity contribution in [2.24, 2.45) is 59.2 Å². The number of hydrogen-bond acceptors (Lipinski definition) is 6. The summed E-state index contributed by atoms with van der Waals surface area (Å²) in [7, 11) is 0. The Bertz CT molecular complexity index is 990. The summed E-state index contributed by atoms with van der Waals surface area (Å²) in [6, 6.07) is 0. The number of carbonyl (C=O) groups is 2. The molecule has 0 spiro atoms. The smallest absolute Gasteiger partial charge is 0.333 e. The molecule has 0 heterocycles. The largest absolute Gasteiger partial charge is 0.465 e. The molecular weight excluding hydrogens is 684 g/mol. The second-order valence-corrected chi connectivity index (χ2v) is 17.5. The summed E-state index contributed by atoms with van der Waals surface area (Å²) in [5.41, 5.74) is 0.447. The third-order valence-electron chi connectivity index (χ3n) is 13.5. The van der Waals surface area contributed by atoms with E-state index >= 15 is 0 Å². The Morgan fingerprint density at radius 3 is 1.85 bits per heavy atom. The topological polar surface area (TPSA) is 177 Å². The molecule has 8 unspecified atom stereocenters. The Balaban J connectivity index is 0.00000936. The van der Waals surface area contributed by atoms with E-state index in [1.54, 1.807) is 6.92 Å². The predicted molar refractivity (Wildman–Crippen MR) is 220 cm³/mol. The highest BCUT2D eigenvalue weighted by Gasteiger charge is 2.44. The van der Waals surface area contributed by atoms with E-state index in [-0.39, 0.29) is 52.9 Å². The number of ether oxygens (including phenoxy) is 3. The van der Waals surface area contributed by atoms with Gasteiger partial charge < -0.3 is 35.7 Å².